The van der Waals surface area contributed by atoms with Crippen molar-refractivity contribution in [3.8, 4) is 5.75 Å². The molecule has 0 bridgehead atoms. The highest BCUT2D eigenvalue weighted by Crippen LogP contribution is 2.31. The second-order valence-electron chi connectivity index (χ2n) is 4.85. The minimum Gasteiger partial charge on any atom is -0.496 e. The van der Waals surface area contributed by atoms with Gasteiger partial charge >= 0.3 is 0 Å². The maximum absolute atomic E-state index is 6.37. The third-order valence-corrected chi connectivity index (χ3v) is 3.51. The van der Waals surface area contributed by atoms with Crippen LogP contribution in [0.3, 0.4) is 0 Å². The van der Waals surface area contributed by atoms with E-state index in [1.54, 1.807) is 13.2 Å². The zero-order valence-electron chi connectivity index (χ0n) is 11.9. The minimum atomic E-state index is -0.274. The third-order valence-electron chi connectivity index (χ3n) is 3.27. The second-order valence-corrected chi connectivity index (χ2v) is 5.29. The van der Waals surface area contributed by atoms with E-state index in [1.807, 2.05) is 49.3 Å². The lowest BCUT2D eigenvalue weighted by atomic mass is 9.98. The van der Waals surface area contributed by atoms with Gasteiger partial charge in [0.15, 0.2) is 0 Å². The van der Waals surface area contributed by atoms with Crippen LogP contribution in [-0.2, 0) is 0 Å². The summed E-state index contributed by atoms with van der Waals surface area (Å²) < 4.78 is 5.37. The summed E-state index contributed by atoms with van der Waals surface area (Å²) in [6.45, 7) is 0. The summed E-state index contributed by atoms with van der Waals surface area (Å²) in [6, 6.07) is 13.4. The molecule has 0 aliphatic rings. The van der Waals surface area contributed by atoms with Gasteiger partial charge in [0, 0.05) is 30.4 Å². The van der Waals surface area contributed by atoms with Crippen molar-refractivity contribution in [2.75, 3.05) is 26.1 Å². The maximum atomic E-state index is 6.37. The van der Waals surface area contributed by atoms with Gasteiger partial charge in [-0.2, -0.15) is 0 Å². The Morgan fingerprint density at radius 1 is 1.15 bits per heavy atom. The fourth-order valence-electron chi connectivity index (χ4n) is 2.12. The molecule has 0 amide bonds. The molecule has 2 N–H and O–H groups in total. The predicted molar refractivity (Wildman–Crippen MR) is 84.8 cm³/mol. The summed E-state index contributed by atoms with van der Waals surface area (Å²) in [5, 5.41) is 0.653. The van der Waals surface area contributed by atoms with Gasteiger partial charge in [0.1, 0.15) is 5.75 Å². The summed E-state index contributed by atoms with van der Waals surface area (Å²) in [4.78, 5) is 2.05. The van der Waals surface area contributed by atoms with Crippen molar-refractivity contribution in [3.05, 3.63) is 58.6 Å². The van der Waals surface area contributed by atoms with Crippen molar-refractivity contribution in [1.82, 2.24) is 0 Å². The molecule has 106 valence electrons. The third kappa shape index (κ3) is 3.06. The smallest absolute Gasteiger partial charge is 0.124 e. The van der Waals surface area contributed by atoms with Crippen LogP contribution in [0.25, 0.3) is 0 Å². The van der Waals surface area contributed by atoms with Gasteiger partial charge in [0.2, 0.25) is 0 Å². The summed E-state index contributed by atoms with van der Waals surface area (Å²) in [7, 11) is 5.64. The van der Waals surface area contributed by atoms with Crippen LogP contribution in [0.15, 0.2) is 42.5 Å². The normalized spacial score (nSPS) is 12.1. The molecule has 0 aliphatic carbocycles. The predicted octanol–water partition coefficient (Wildman–Crippen LogP) is 3.46. The van der Waals surface area contributed by atoms with E-state index in [4.69, 9.17) is 22.1 Å². The Hall–Kier alpha value is -1.71. The van der Waals surface area contributed by atoms with Crippen molar-refractivity contribution in [2.24, 2.45) is 5.73 Å². The molecule has 0 spiro atoms. The molecule has 1 unspecified atom stereocenters. The standard InChI is InChI=1S/C16H19ClN2O/c1-19(2)13-6-4-5-11(9-13)16(18)14-10-12(17)7-8-15(14)20-3/h4-10,16H,18H2,1-3H3. The highest BCUT2D eigenvalue weighted by molar-refractivity contribution is 6.30. The molecule has 4 heteroatoms. The zero-order chi connectivity index (χ0) is 14.7. The number of ether oxygens (including phenoxy) is 1. The number of hydrogen-bond donors (Lipinski definition) is 1. The maximum Gasteiger partial charge on any atom is 0.124 e. The SMILES string of the molecule is COc1ccc(Cl)cc1C(N)c1cccc(N(C)C)c1. The summed E-state index contributed by atoms with van der Waals surface area (Å²) >= 11 is 6.07. The van der Waals surface area contributed by atoms with E-state index >= 15 is 0 Å². The number of nitrogens with two attached hydrogens (primary N) is 1. The molecule has 20 heavy (non-hydrogen) atoms. The van der Waals surface area contributed by atoms with Gasteiger partial charge < -0.3 is 15.4 Å². The molecule has 1 atom stereocenters. The minimum absolute atomic E-state index is 0.274. The van der Waals surface area contributed by atoms with Crippen LogP contribution < -0.4 is 15.4 Å². The van der Waals surface area contributed by atoms with Crippen LogP contribution in [0.4, 0.5) is 5.69 Å². The monoisotopic (exact) mass is 290 g/mol. The number of rotatable bonds is 4. The van der Waals surface area contributed by atoms with Crippen LogP contribution in [0.1, 0.15) is 17.2 Å². The molecule has 0 fully saturated rings. The Balaban J connectivity index is 2.43. The van der Waals surface area contributed by atoms with Crippen LogP contribution in [0.5, 0.6) is 5.75 Å². The number of halogens is 1. The first-order valence-electron chi connectivity index (χ1n) is 6.39. The second kappa shape index (κ2) is 6.16. The van der Waals surface area contributed by atoms with Crippen molar-refractivity contribution in [2.45, 2.75) is 6.04 Å². The van der Waals surface area contributed by atoms with Gasteiger partial charge in [-0.3, -0.25) is 0 Å². The van der Waals surface area contributed by atoms with E-state index < -0.39 is 0 Å². The molecular weight excluding hydrogens is 272 g/mol. The van der Waals surface area contributed by atoms with Gasteiger partial charge in [-0.15, -0.1) is 0 Å². The zero-order valence-corrected chi connectivity index (χ0v) is 12.7. The van der Waals surface area contributed by atoms with E-state index in [0.717, 1.165) is 22.6 Å². The first-order chi connectivity index (χ1) is 9.52. The number of anilines is 1. The molecule has 2 aromatic carbocycles. The van der Waals surface area contributed by atoms with Crippen molar-refractivity contribution < 1.29 is 4.74 Å². The van der Waals surface area contributed by atoms with Gasteiger partial charge in [-0.25, -0.2) is 0 Å². The van der Waals surface area contributed by atoms with Crippen LogP contribution in [-0.4, -0.2) is 21.2 Å². The molecule has 3 nitrogen and oxygen atoms in total. The molecule has 0 heterocycles. The molecule has 2 rings (SSSR count). The summed E-state index contributed by atoms with van der Waals surface area (Å²) in [5.74, 6) is 0.747. The van der Waals surface area contributed by atoms with Crippen molar-refractivity contribution in [3.63, 3.8) is 0 Å². The number of hydrogen-bond acceptors (Lipinski definition) is 3. The van der Waals surface area contributed by atoms with Crippen LogP contribution in [0.2, 0.25) is 5.02 Å². The Kier molecular flexibility index (Phi) is 4.53. The molecule has 0 saturated heterocycles. The van der Waals surface area contributed by atoms with E-state index in [-0.39, 0.29) is 6.04 Å². The highest BCUT2D eigenvalue weighted by atomic mass is 35.5. The van der Waals surface area contributed by atoms with E-state index in [2.05, 4.69) is 6.07 Å². The summed E-state index contributed by atoms with van der Waals surface area (Å²) in [5.41, 5.74) is 9.39. The van der Waals surface area contributed by atoms with Gasteiger partial charge in [0.25, 0.3) is 0 Å². The highest BCUT2D eigenvalue weighted by Gasteiger charge is 2.15. The van der Waals surface area contributed by atoms with Crippen LogP contribution in [0, 0.1) is 0 Å². The molecular formula is C16H19ClN2O. The largest absolute Gasteiger partial charge is 0.496 e. The number of nitrogens with zero attached hydrogens (tertiary/aromatic N) is 1. The first-order valence-corrected chi connectivity index (χ1v) is 6.77. The lowest BCUT2D eigenvalue weighted by molar-refractivity contribution is 0.408. The fraction of sp³-hybridized carbons (Fsp3) is 0.250. The van der Waals surface area contributed by atoms with E-state index in [0.29, 0.717) is 5.02 Å². The molecule has 0 aliphatic heterocycles. The Morgan fingerprint density at radius 3 is 2.55 bits per heavy atom. The lowest BCUT2D eigenvalue weighted by Crippen LogP contribution is -2.15. The van der Waals surface area contributed by atoms with Gasteiger partial charge in [0.05, 0.1) is 13.2 Å². The molecule has 0 radical (unpaired) electrons. The molecule has 0 saturated carbocycles. The molecule has 0 aromatic heterocycles. The lowest BCUT2D eigenvalue weighted by Gasteiger charge is -2.19. The number of benzene rings is 2. The molecule has 2 aromatic rings. The first kappa shape index (κ1) is 14.7. The van der Waals surface area contributed by atoms with Gasteiger partial charge in [-0.05, 0) is 35.9 Å². The van der Waals surface area contributed by atoms with Gasteiger partial charge in [-0.1, -0.05) is 23.7 Å². The average molecular weight is 291 g/mol. The Labute approximate surface area is 124 Å². The Morgan fingerprint density at radius 2 is 1.90 bits per heavy atom. The van der Waals surface area contributed by atoms with Crippen molar-refractivity contribution in [1.29, 1.82) is 0 Å². The quantitative estimate of drug-likeness (QED) is 0.937. The number of methoxy groups -OCH3 is 1. The van der Waals surface area contributed by atoms with E-state index in [1.165, 1.54) is 0 Å². The van der Waals surface area contributed by atoms with E-state index in [9.17, 15) is 0 Å². The average Bonchev–Trinajstić information content (AvgIpc) is 2.46. The summed E-state index contributed by atoms with van der Waals surface area (Å²) in [6.07, 6.45) is 0. The van der Waals surface area contributed by atoms with Crippen LogP contribution >= 0.6 is 11.6 Å². The van der Waals surface area contributed by atoms with Crippen molar-refractivity contribution >= 4 is 17.3 Å². The fourth-order valence-corrected chi connectivity index (χ4v) is 2.30. The Bertz CT molecular complexity index is 599. The topological polar surface area (TPSA) is 38.5 Å².